The second-order valence-corrected chi connectivity index (χ2v) is 3.00. The van der Waals surface area contributed by atoms with Crippen LogP contribution in [0, 0.1) is 0 Å². The fourth-order valence-electron chi connectivity index (χ4n) is 1.32. The first-order valence-electron chi connectivity index (χ1n) is 4.36. The average Bonchev–Trinajstić information content (AvgIpc) is 2.19. The maximum atomic E-state index is 11.2. The molecule has 0 aliphatic rings. The summed E-state index contributed by atoms with van der Waals surface area (Å²) in [6.07, 6.45) is -0.471. The molecule has 14 heavy (non-hydrogen) atoms. The lowest BCUT2D eigenvalue weighted by molar-refractivity contribution is -0.126. The molecule has 0 unspecified atom stereocenters. The summed E-state index contributed by atoms with van der Waals surface area (Å²) >= 11 is 0. The van der Waals surface area contributed by atoms with Gasteiger partial charge in [0.1, 0.15) is 11.9 Å². The van der Waals surface area contributed by atoms with Crippen molar-refractivity contribution in [1.82, 2.24) is 0 Å². The number of ether oxygens (including phenoxy) is 2. The quantitative estimate of drug-likeness (QED) is 0.735. The molecular weight excluding hydrogens is 180 g/mol. The third-order valence-electron chi connectivity index (χ3n) is 2.02. The van der Waals surface area contributed by atoms with Crippen molar-refractivity contribution in [3.8, 4) is 5.75 Å². The molecule has 0 spiro atoms. The normalized spacial score (nSPS) is 12.2. The molecule has 0 bridgehead atoms. The number of carbonyl (C=O) groups is 1. The molecule has 0 fully saturated rings. The topological polar surface area (TPSA) is 35.5 Å². The molecule has 0 aliphatic carbocycles. The first kappa shape index (κ1) is 10.7. The van der Waals surface area contributed by atoms with Crippen LogP contribution in [0.3, 0.4) is 0 Å². The monoisotopic (exact) mass is 194 g/mol. The second-order valence-electron chi connectivity index (χ2n) is 3.00. The Bertz CT molecular complexity index is 303. The third kappa shape index (κ3) is 2.33. The van der Waals surface area contributed by atoms with Crippen molar-refractivity contribution in [3.05, 3.63) is 29.8 Å². The van der Waals surface area contributed by atoms with E-state index in [4.69, 9.17) is 9.47 Å². The Morgan fingerprint density at radius 2 is 1.79 bits per heavy atom. The molecule has 0 N–H and O–H groups in total. The lowest BCUT2D eigenvalue weighted by atomic mass is 10.1. The van der Waals surface area contributed by atoms with Crippen molar-refractivity contribution in [2.45, 2.75) is 13.0 Å². The van der Waals surface area contributed by atoms with Crippen LogP contribution in [0.25, 0.3) is 0 Å². The SMILES string of the molecule is COc1ccc([C@@H](OC)C(C)=O)cc1. The van der Waals surface area contributed by atoms with Gasteiger partial charge in [-0.2, -0.15) is 0 Å². The summed E-state index contributed by atoms with van der Waals surface area (Å²) in [5.74, 6) is 0.768. The zero-order valence-electron chi connectivity index (χ0n) is 8.61. The van der Waals surface area contributed by atoms with Crippen molar-refractivity contribution in [1.29, 1.82) is 0 Å². The lowest BCUT2D eigenvalue weighted by Gasteiger charge is -2.12. The molecule has 3 nitrogen and oxygen atoms in total. The van der Waals surface area contributed by atoms with E-state index in [-0.39, 0.29) is 5.78 Å². The van der Waals surface area contributed by atoms with Gasteiger partial charge in [-0.15, -0.1) is 0 Å². The second kappa shape index (κ2) is 4.77. The Balaban J connectivity index is 2.89. The molecule has 1 aromatic carbocycles. The minimum Gasteiger partial charge on any atom is -0.497 e. The highest BCUT2D eigenvalue weighted by Crippen LogP contribution is 2.20. The van der Waals surface area contributed by atoms with Crippen LogP contribution in [-0.2, 0) is 9.53 Å². The number of methoxy groups -OCH3 is 2. The van der Waals surface area contributed by atoms with Crippen molar-refractivity contribution < 1.29 is 14.3 Å². The van der Waals surface area contributed by atoms with Crippen molar-refractivity contribution >= 4 is 5.78 Å². The van der Waals surface area contributed by atoms with E-state index in [1.165, 1.54) is 14.0 Å². The summed E-state index contributed by atoms with van der Waals surface area (Å²) in [6, 6.07) is 7.28. The highest BCUT2D eigenvalue weighted by Gasteiger charge is 2.14. The Morgan fingerprint density at radius 1 is 1.21 bits per heavy atom. The summed E-state index contributed by atoms with van der Waals surface area (Å²) in [5.41, 5.74) is 0.848. The van der Waals surface area contributed by atoms with E-state index < -0.39 is 6.10 Å². The number of Topliss-reactive ketones (excluding diaryl/α,β-unsaturated/α-hetero) is 1. The van der Waals surface area contributed by atoms with Crippen molar-refractivity contribution in [2.24, 2.45) is 0 Å². The van der Waals surface area contributed by atoms with Crippen LogP contribution in [0.5, 0.6) is 5.75 Å². The molecule has 0 amide bonds. The zero-order valence-corrected chi connectivity index (χ0v) is 8.61. The van der Waals surface area contributed by atoms with Crippen LogP contribution in [0.4, 0.5) is 0 Å². The van der Waals surface area contributed by atoms with Gasteiger partial charge in [0.2, 0.25) is 0 Å². The van der Waals surface area contributed by atoms with Gasteiger partial charge in [-0.1, -0.05) is 12.1 Å². The Morgan fingerprint density at radius 3 is 2.14 bits per heavy atom. The van der Waals surface area contributed by atoms with Gasteiger partial charge in [0.25, 0.3) is 0 Å². The minimum atomic E-state index is -0.471. The van der Waals surface area contributed by atoms with Gasteiger partial charge in [-0.25, -0.2) is 0 Å². The van der Waals surface area contributed by atoms with E-state index in [0.717, 1.165) is 11.3 Å². The van der Waals surface area contributed by atoms with Gasteiger partial charge in [-0.3, -0.25) is 4.79 Å². The Labute approximate surface area is 83.6 Å². The molecular formula is C11H14O3. The third-order valence-corrected chi connectivity index (χ3v) is 2.02. The minimum absolute atomic E-state index is 0.00216. The van der Waals surface area contributed by atoms with Crippen LogP contribution in [-0.4, -0.2) is 20.0 Å². The summed E-state index contributed by atoms with van der Waals surface area (Å²) in [7, 11) is 3.13. The molecule has 0 heterocycles. The summed E-state index contributed by atoms with van der Waals surface area (Å²) < 4.78 is 10.1. The lowest BCUT2D eigenvalue weighted by Crippen LogP contribution is -2.10. The summed E-state index contributed by atoms with van der Waals surface area (Å²) in [4.78, 5) is 11.2. The number of benzene rings is 1. The molecule has 0 radical (unpaired) electrons. The van der Waals surface area contributed by atoms with E-state index >= 15 is 0 Å². The van der Waals surface area contributed by atoms with Crippen molar-refractivity contribution in [2.75, 3.05) is 14.2 Å². The first-order chi connectivity index (χ1) is 6.69. The van der Waals surface area contributed by atoms with Gasteiger partial charge < -0.3 is 9.47 Å². The highest BCUT2D eigenvalue weighted by atomic mass is 16.5. The Hall–Kier alpha value is -1.35. The van der Waals surface area contributed by atoms with Crippen LogP contribution in [0.15, 0.2) is 24.3 Å². The van der Waals surface area contributed by atoms with Gasteiger partial charge in [0, 0.05) is 7.11 Å². The standard InChI is InChI=1S/C11H14O3/c1-8(12)11(14-3)9-4-6-10(13-2)7-5-9/h4-7,11H,1-3H3/t11-/m0/s1. The number of carbonyl (C=O) groups excluding carboxylic acids is 1. The predicted octanol–water partition coefficient (Wildman–Crippen LogP) is 1.97. The van der Waals surface area contributed by atoms with E-state index in [0.29, 0.717) is 0 Å². The van der Waals surface area contributed by atoms with Gasteiger partial charge in [-0.05, 0) is 24.6 Å². The van der Waals surface area contributed by atoms with Gasteiger partial charge in [0.05, 0.1) is 7.11 Å². The zero-order chi connectivity index (χ0) is 10.6. The molecule has 0 saturated heterocycles. The smallest absolute Gasteiger partial charge is 0.163 e. The molecule has 0 saturated carbocycles. The number of hydrogen-bond donors (Lipinski definition) is 0. The molecule has 0 aromatic heterocycles. The fraction of sp³-hybridized carbons (Fsp3) is 0.364. The largest absolute Gasteiger partial charge is 0.497 e. The molecule has 76 valence electrons. The van der Waals surface area contributed by atoms with E-state index in [1.54, 1.807) is 7.11 Å². The fourth-order valence-corrected chi connectivity index (χ4v) is 1.32. The Kier molecular flexibility index (Phi) is 3.65. The molecule has 1 rings (SSSR count). The summed E-state index contributed by atoms with van der Waals surface area (Å²) in [5, 5.41) is 0. The van der Waals surface area contributed by atoms with E-state index in [1.807, 2.05) is 24.3 Å². The average molecular weight is 194 g/mol. The summed E-state index contributed by atoms with van der Waals surface area (Å²) in [6.45, 7) is 1.51. The number of rotatable bonds is 4. The van der Waals surface area contributed by atoms with Crippen molar-refractivity contribution in [3.63, 3.8) is 0 Å². The number of ketones is 1. The molecule has 0 aliphatic heterocycles. The maximum absolute atomic E-state index is 11.2. The van der Waals surface area contributed by atoms with E-state index in [9.17, 15) is 4.79 Å². The first-order valence-corrected chi connectivity index (χ1v) is 4.36. The van der Waals surface area contributed by atoms with E-state index in [2.05, 4.69) is 0 Å². The number of hydrogen-bond acceptors (Lipinski definition) is 3. The van der Waals surface area contributed by atoms with Crippen LogP contribution >= 0.6 is 0 Å². The maximum Gasteiger partial charge on any atom is 0.163 e. The molecule has 1 atom stereocenters. The molecule has 3 heteroatoms. The van der Waals surface area contributed by atoms with Crippen LogP contribution < -0.4 is 4.74 Å². The highest BCUT2D eigenvalue weighted by molar-refractivity contribution is 5.81. The van der Waals surface area contributed by atoms with Gasteiger partial charge >= 0.3 is 0 Å². The van der Waals surface area contributed by atoms with Crippen LogP contribution in [0.1, 0.15) is 18.6 Å². The van der Waals surface area contributed by atoms with Gasteiger partial charge in [0.15, 0.2) is 5.78 Å². The van der Waals surface area contributed by atoms with Crippen LogP contribution in [0.2, 0.25) is 0 Å². The molecule has 1 aromatic rings. The predicted molar refractivity (Wildman–Crippen MR) is 53.4 cm³/mol.